The highest BCUT2D eigenvalue weighted by atomic mass is 127. The van der Waals surface area contributed by atoms with Crippen LogP contribution >= 0.6 is 35.6 Å². The summed E-state index contributed by atoms with van der Waals surface area (Å²) in [6.45, 7) is 11.5. The van der Waals surface area contributed by atoms with Gasteiger partial charge in [-0.15, -0.1) is 24.0 Å². The van der Waals surface area contributed by atoms with E-state index in [1.807, 2.05) is 52.0 Å². The Morgan fingerprint density at radius 1 is 1.28 bits per heavy atom. The monoisotopic (exact) mass is 480 g/mol. The van der Waals surface area contributed by atoms with Crippen LogP contribution in [0.1, 0.15) is 46.2 Å². The first-order valence-corrected chi connectivity index (χ1v) is 8.70. The minimum atomic E-state index is -0.381. The summed E-state index contributed by atoms with van der Waals surface area (Å²) < 4.78 is 0. The number of nitrogens with zero attached hydrogens (tertiary/aromatic N) is 1. The predicted molar refractivity (Wildman–Crippen MR) is 117 cm³/mol. The molecular weight excluding hydrogens is 451 g/mol. The van der Waals surface area contributed by atoms with Crippen LogP contribution in [0, 0.1) is 5.41 Å². The third-order valence-electron chi connectivity index (χ3n) is 3.39. The largest absolute Gasteiger partial charge is 0.357 e. The second kappa shape index (κ2) is 11.6. The van der Waals surface area contributed by atoms with E-state index in [1.165, 1.54) is 0 Å². The van der Waals surface area contributed by atoms with Crippen LogP contribution in [0.25, 0.3) is 0 Å². The Morgan fingerprint density at radius 3 is 2.52 bits per heavy atom. The van der Waals surface area contributed by atoms with Crippen molar-refractivity contribution in [1.82, 2.24) is 16.0 Å². The van der Waals surface area contributed by atoms with Gasteiger partial charge in [0, 0.05) is 23.5 Å². The number of aliphatic imine (C=N–C) groups is 1. The Labute approximate surface area is 173 Å². The number of carbonyl (C=O) groups excluding carboxylic acids is 1. The van der Waals surface area contributed by atoms with Crippen molar-refractivity contribution in [3.63, 3.8) is 0 Å². The van der Waals surface area contributed by atoms with E-state index < -0.39 is 0 Å². The summed E-state index contributed by atoms with van der Waals surface area (Å²) in [5.41, 5.74) is 0.710. The van der Waals surface area contributed by atoms with Crippen molar-refractivity contribution in [2.75, 3.05) is 19.6 Å². The number of hydrogen-bond donors (Lipinski definition) is 3. The molecule has 0 radical (unpaired) electrons. The van der Waals surface area contributed by atoms with E-state index in [-0.39, 0.29) is 41.3 Å². The molecule has 1 rings (SSSR count). The van der Waals surface area contributed by atoms with E-state index in [0.29, 0.717) is 18.1 Å². The molecule has 1 unspecified atom stereocenters. The molecule has 1 atom stereocenters. The standard InChI is InChI=1S/C18H29ClN4O.HI/c1-6-20-17(22-11-10-21-16(24)18(3,4)5)23-13(2)14-8-7-9-15(19)12-14;/h7-9,12-13H,6,10-11H2,1-5H3,(H,21,24)(H2,20,22,23);1H. The molecule has 1 amide bonds. The second-order valence-corrected chi connectivity index (χ2v) is 7.12. The fourth-order valence-corrected chi connectivity index (χ4v) is 2.19. The molecule has 7 heteroatoms. The van der Waals surface area contributed by atoms with E-state index in [4.69, 9.17) is 11.6 Å². The van der Waals surface area contributed by atoms with Crippen molar-refractivity contribution in [3.8, 4) is 0 Å². The lowest BCUT2D eigenvalue weighted by atomic mass is 9.96. The molecule has 0 saturated carbocycles. The summed E-state index contributed by atoms with van der Waals surface area (Å²) in [5.74, 6) is 0.748. The molecule has 0 aliphatic rings. The van der Waals surface area contributed by atoms with Gasteiger partial charge in [0.05, 0.1) is 12.6 Å². The maximum Gasteiger partial charge on any atom is 0.225 e. The van der Waals surface area contributed by atoms with Gasteiger partial charge < -0.3 is 16.0 Å². The highest BCUT2D eigenvalue weighted by Gasteiger charge is 2.20. The van der Waals surface area contributed by atoms with E-state index in [9.17, 15) is 4.79 Å². The van der Waals surface area contributed by atoms with Gasteiger partial charge in [0.15, 0.2) is 5.96 Å². The first-order valence-electron chi connectivity index (χ1n) is 8.32. The van der Waals surface area contributed by atoms with Gasteiger partial charge >= 0.3 is 0 Å². The van der Waals surface area contributed by atoms with Gasteiger partial charge in [0.25, 0.3) is 0 Å². The zero-order chi connectivity index (χ0) is 18.2. The molecule has 0 fully saturated rings. The molecule has 0 aliphatic carbocycles. The number of hydrogen-bond acceptors (Lipinski definition) is 2. The SMILES string of the molecule is CCNC(=NCCNC(=O)C(C)(C)C)NC(C)c1cccc(Cl)c1.I. The molecule has 25 heavy (non-hydrogen) atoms. The molecule has 142 valence electrons. The predicted octanol–water partition coefficient (Wildman–Crippen LogP) is 3.74. The molecular formula is C18H30ClIN4O. The molecule has 0 saturated heterocycles. The van der Waals surface area contributed by atoms with Crippen LogP contribution in [-0.4, -0.2) is 31.5 Å². The fourth-order valence-electron chi connectivity index (χ4n) is 1.99. The third-order valence-corrected chi connectivity index (χ3v) is 3.63. The normalized spacial score (nSPS) is 12.8. The summed E-state index contributed by atoms with van der Waals surface area (Å²) in [7, 11) is 0. The Bertz CT molecular complexity index is 572. The zero-order valence-corrected chi connectivity index (χ0v) is 18.7. The van der Waals surface area contributed by atoms with E-state index in [2.05, 4.69) is 27.9 Å². The number of nitrogens with one attached hydrogen (secondary N) is 3. The molecule has 0 aromatic heterocycles. The van der Waals surface area contributed by atoms with Crippen LogP contribution in [0.2, 0.25) is 5.02 Å². The van der Waals surface area contributed by atoms with Crippen molar-refractivity contribution in [1.29, 1.82) is 0 Å². The van der Waals surface area contributed by atoms with Gasteiger partial charge in [-0.2, -0.15) is 0 Å². The Morgan fingerprint density at radius 2 is 1.96 bits per heavy atom. The molecule has 3 N–H and O–H groups in total. The Balaban J connectivity index is 0.00000576. The van der Waals surface area contributed by atoms with Gasteiger partial charge in [0.1, 0.15) is 0 Å². The number of guanidine groups is 1. The number of rotatable bonds is 6. The number of halogens is 2. The lowest BCUT2D eigenvalue weighted by Crippen LogP contribution is -2.40. The first-order chi connectivity index (χ1) is 11.2. The van der Waals surface area contributed by atoms with Crippen molar-refractivity contribution < 1.29 is 4.79 Å². The Kier molecular flexibility index (Phi) is 11.1. The van der Waals surface area contributed by atoms with Gasteiger partial charge in [-0.3, -0.25) is 9.79 Å². The molecule has 0 bridgehead atoms. The van der Waals surface area contributed by atoms with Gasteiger partial charge in [0.2, 0.25) is 5.91 Å². The maximum atomic E-state index is 11.8. The maximum absolute atomic E-state index is 11.8. The molecule has 0 aliphatic heterocycles. The van der Waals surface area contributed by atoms with Crippen LogP contribution in [-0.2, 0) is 4.79 Å². The first kappa shape index (κ1) is 24.0. The van der Waals surface area contributed by atoms with Crippen molar-refractivity contribution >= 4 is 47.4 Å². The van der Waals surface area contributed by atoms with Crippen LogP contribution < -0.4 is 16.0 Å². The summed E-state index contributed by atoms with van der Waals surface area (Å²) >= 11 is 6.04. The molecule has 0 heterocycles. The molecule has 0 spiro atoms. The molecule has 1 aromatic rings. The number of amides is 1. The summed E-state index contributed by atoms with van der Waals surface area (Å²) in [6, 6.07) is 7.82. The Hall–Kier alpha value is -1.02. The summed E-state index contributed by atoms with van der Waals surface area (Å²) in [5, 5.41) is 10.2. The van der Waals surface area contributed by atoms with Gasteiger partial charge in [-0.1, -0.05) is 44.5 Å². The van der Waals surface area contributed by atoms with E-state index in [1.54, 1.807) is 0 Å². The van der Waals surface area contributed by atoms with Crippen molar-refractivity contribution in [2.45, 2.75) is 40.7 Å². The second-order valence-electron chi connectivity index (χ2n) is 6.69. The number of carbonyl (C=O) groups is 1. The lowest BCUT2D eigenvalue weighted by Gasteiger charge is -2.19. The average molecular weight is 481 g/mol. The number of benzene rings is 1. The highest BCUT2D eigenvalue weighted by molar-refractivity contribution is 14.0. The topological polar surface area (TPSA) is 65.5 Å². The van der Waals surface area contributed by atoms with Crippen LogP contribution in [0.15, 0.2) is 29.3 Å². The van der Waals surface area contributed by atoms with Crippen molar-refractivity contribution in [3.05, 3.63) is 34.9 Å². The van der Waals surface area contributed by atoms with Gasteiger partial charge in [-0.05, 0) is 31.5 Å². The van der Waals surface area contributed by atoms with Crippen LogP contribution in [0.5, 0.6) is 0 Å². The average Bonchev–Trinajstić information content (AvgIpc) is 2.50. The van der Waals surface area contributed by atoms with E-state index in [0.717, 1.165) is 18.1 Å². The zero-order valence-electron chi connectivity index (χ0n) is 15.6. The quantitative estimate of drug-likeness (QED) is 0.252. The van der Waals surface area contributed by atoms with Crippen LogP contribution in [0.3, 0.4) is 0 Å². The van der Waals surface area contributed by atoms with Gasteiger partial charge in [-0.25, -0.2) is 0 Å². The summed E-state index contributed by atoms with van der Waals surface area (Å²) in [4.78, 5) is 16.3. The fraction of sp³-hybridized carbons (Fsp3) is 0.556. The molecule has 5 nitrogen and oxygen atoms in total. The smallest absolute Gasteiger partial charge is 0.225 e. The summed E-state index contributed by atoms with van der Waals surface area (Å²) in [6.07, 6.45) is 0. The van der Waals surface area contributed by atoms with Crippen molar-refractivity contribution in [2.24, 2.45) is 10.4 Å². The van der Waals surface area contributed by atoms with Crippen LogP contribution in [0.4, 0.5) is 0 Å². The third kappa shape index (κ3) is 9.30. The highest BCUT2D eigenvalue weighted by Crippen LogP contribution is 2.17. The van der Waals surface area contributed by atoms with E-state index >= 15 is 0 Å². The lowest BCUT2D eigenvalue weighted by molar-refractivity contribution is -0.128. The minimum absolute atomic E-state index is 0. The minimum Gasteiger partial charge on any atom is -0.357 e. The molecule has 1 aromatic carbocycles.